The highest BCUT2D eigenvalue weighted by atomic mass is 79.9. The van der Waals surface area contributed by atoms with Crippen LogP contribution in [0.3, 0.4) is 0 Å². The maximum absolute atomic E-state index is 10.9. The van der Waals surface area contributed by atoms with Gasteiger partial charge in [0.1, 0.15) is 0 Å². The third kappa shape index (κ3) is 2.08. The lowest BCUT2D eigenvalue weighted by molar-refractivity contribution is 0.100. The molecule has 0 atom stereocenters. The second kappa shape index (κ2) is 4.05. The maximum atomic E-state index is 10.9. The molecule has 0 bridgehead atoms. The van der Waals surface area contributed by atoms with Crippen molar-refractivity contribution in [3.63, 3.8) is 0 Å². The molecule has 0 fully saturated rings. The molecule has 0 radical (unpaired) electrons. The van der Waals surface area contributed by atoms with Gasteiger partial charge in [0, 0.05) is 10.2 Å². The van der Waals surface area contributed by atoms with Crippen LogP contribution in [0.5, 0.6) is 0 Å². The van der Waals surface area contributed by atoms with Crippen molar-refractivity contribution in [2.24, 2.45) is 5.73 Å². The van der Waals surface area contributed by atoms with E-state index < -0.39 is 0 Å². The molecule has 1 heterocycles. The monoisotopic (exact) mass is 247 g/mol. The van der Waals surface area contributed by atoms with Gasteiger partial charge >= 0.3 is 0 Å². The fraction of sp³-hybridized carbons (Fsp3) is 0.375. The van der Waals surface area contributed by atoms with Gasteiger partial charge in [-0.05, 0) is 25.0 Å². The standard InChI is InChI=1S/C8H10BrNOS/c1-5-4-6(2-3-9)12-7(5)8(10)11/h4H,2-3H2,1H3,(H2,10,11). The number of carbonyl (C=O) groups excluding carboxylic acids is 1. The molecule has 4 heteroatoms. The first kappa shape index (κ1) is 9.74. The van der Waals surface area contributed by atoms with E-state index in [0.717, 1.165) is 17.3 Å². The minimum Gasteiger partial charge on any atom is -0.365 e. The lowest BCUT2D eigenvalue weighted by Gasteiger charge is -1.88. The number of hydrogen-bond acceptors (Lipinski definition) is 2. The van der Waals surface area contributed by atoms with Gasteiger partial charge in [-0.1, -0.05) is 15.9 Å². The van der Waals surface area contributed by atoms with E-state index in [9.17, 15) is 4.79 Å². The smallest absolute Gasteiger partial charge is 0.259 e. The van der Waals surface area contributed by atoms with E-state index >= 15 is 0 Å². The summed E-state index contributed by atoms with van der Waals surface area (Å²) < 4.78 is 0. The molecule has 66 valence electrons. The van der Waals surface area contributed by atoms with Crippen molar-refractivity contribution in [2.45, 2.75) is 13.3 Å². The summed E-state index contributed by atoms with van der Waals surface area (Å²) in [6.07, 6.45) is 0.957. The quantitative estimate of drug-likeness (QED) is 0.818. The van der Waals surface area contributed by atoms with Gasteiger partial charge < -0.3 is 5.73 Å². The number of alkyl halides is 1. The molecule has 0 aliphatic heterocycles. The first-order valence-corrected chi connectivity index (χ1v) is 5.54. The van der Waals surface area contributed by atoms with Crippen LogP contribution in [0.2, 0.25) is 0 Å². The van der Waals surface area contributed by atoms with Crippen LogP contribution in [0, 0.1) is 6.92 Å². The number of rotatable bonds is 3. The Labute approximate surface area is 83.9 Å². The molecule has 2 nitrogen and oxygen atoms in total. The molecule has 1 aromatic heterocycles. The second-order valence-electron chi connectivity index (χ2n) is 2.53. The Bertz CT molecular complexity index is 295. The molecule has 0 unspecified atom stereocenters. The minimum absolute atomic E-state index is 0.321. The van der Waals surface area contributed by atoms with Gasteiger partial charge in [-0.3, -0.25) is 4.79 Å². The van der Waals surface area contributed by atoms with Crippen LogP contribution in [0.15, 0.2) is 6.07 Å². The Balaban J connectivity index is 2.92. The molecule has 0 aromatic carbocycles. The molecule has 1 rings (SSSR count). The molecular weight excluding hydrogens is 238 g/mol. The average molecular weight is 248 g/mol. The van der Waals surface area contributed by atoms with E-state index in [0.29, 0.717) is 4.88 Å². The van der Waals surface area contributed by atoms with Gasteiger partial charge in [0.05, 0.1) is 4.88 Å². The van der Waals surface area contributed by atoms with Gasteiger partial charge in [0.2, 0.25) is 0 Å². The molecule has 0 aliphatic carbocycles. The van der Waals surface area contributed by atoms with Gasteiger partial charge in [-0.25, -0.2) is 0 Å². The first-order valence-electron chi connectivity index (χ1n) is 3.60. The summed E-state index contributed by atoms with van der Waals surface area (Å²) in [5.74, 6) is -0.321. The highest BCUT2D eigenvalue weighted by Crippen LogP contribution is 2.21. The molecule has 0 aliphatic rings. The number of hydrogen-bond donors (Lipinski definition) is 1. The Kier molecular flexibility index (Phi) is 3.29. The second-order valence-corrected chi connectivity index (χ2v) is 4.46. The van der Waals surface area contributed by atoms with Crippen LogP contribution in [-0.2, 0) is 6.42 Å². The van der Waals surface area contributed by atoms with Crippen molar-refractivity contribution in [1.29, 1.82) is 0 Å². The zero-order chi connectivity index (χ0) is 9.14. The molecule has 12 heavy (non-hydrogen) atoms. The number of halogens is 1. The van der Waals surface area contributed by atoms with Crippen LogP contribution < -0.4 is 5.73 Å². The Morgan fingerprint density at radius 2 is 2.42 bits per heavy atom. The van der Waals surface area contributed by atoms with Crippen molar-refractivity contribution in [1.82, 2.24) is 0 Å². The Morgan fingerprint density at radius 3 is 2.83 bits per heavy atom. The third-order valence-electron chi connectivity index (χ3n) is 1.53. The van der Waals surface area contributed by atoms with Gasteiger partial charge in [0.25, 0.3) is 5.91 Å². The largest absolute Gasteiger partial charge is 0.365 e. The fourth-order valence-corrected chi connectivity index (χ4v) is 2.72. The number of primary amides is 1. The number of amides is 1. The summed E-state index contributed by atoms with van der Waals surface area (Å²) in [5.41, 5.74) is 6.17. The number of thiophene rings is 1. The van der Waals surface area contributed by atoms with Crippen molar-refractivity contribution < 1.29 is 4.79 Å². The lowest BCUT2D eigenvalue weighted by Crippen LogP contribution is -2.09. The van der Waals surface area contributed by atoms with E-state index in [1.807, 2.05) is 13.0 Å². The maximum Gasteiger partial charge on any atom is 0.259 e. The van der Waals surface area contributed by atoms with Crippen molar-refractivity contribution >= 4 is 33.2 Å². The van der Waals surface area contributed by atoms with Crippen LogP contribution in [0.25, 0.3) is 0 Å². The molecular formula is C8H10BrNOS. The van der Waals surface area contributed by atoms with Gasteiger partial charge in [-0.2, -0.15) is 0 Å². The van der Waals surface area contributed by atoms with E-state index in [1.165, 1.54) is 16.2 Å². The predicted octanol–water partition coefficient (Wildman–Crippen LogP) is 2.09. The number of aryl methyl sites for hydroxylation is 2. The van der Waals surface area contributed by atoms with Gasteiger partial charge in [0.15, 0.2) is 0 Å². The topological polar surface area (TPSA) is 43.1 Å². The summed E-state index contributed by atoms with van der Waals surface area (Å²) >= 11 is 4.84. The Morgan fingerprint density at radius 1 is 1.75 bits per heavy atom. The summed E-state index contributed by atoms with van der Waals surface area (Å²) in [4.78, 5) is 12.8. The molecule has 1 aromatic rings. The fourth-order valence-electron chi connectivity index (χ4n) is 1.01. The average Bonchev–Trinajstić information content (AvgIpc) is 2.32. The highest BCUT2D eigenvalue weighted by molar-refractivity contribution is 9.09. The lowest BCUT2D eigenvalue weighted by atomic mass is 10.2. The summed E-state index contributed by atoms with van der Waals surface area (Å²) in [6, 6.07) is 2.02. The summed E-state index contributed by atoms with van der Waals surface area (Å²) in [6.45, 7) is 1.91. The molecule has 0 spiro atoms. The zero-order valence-corrected chi connectivity index (χ0v) is 9.17. The molecule has 0 saturated carbocycles. The Hall–Kier alpha value is -0.350. The van der Waals surface area contributed by atoms with Crippen LogP contribution in [-0.4, -0.2) is 11.2 Å². The SMILES string of the molecule is Cc1cc(CCBr)sc1C(N)=O. The minimum atomic E-state index is -0.321. The predicted molar refractivity (Wildman–Crippen MR) is 55.1 cm³/mol. The van der Waals surface area contributed by atoms with Crippen molar-refractivity contribution in [3.05, 3.63) is 21.4 Å². The highest BCUT2D eigenvalue weighted by Gasteiger charge is 2.09. The number of carbonyl (C=O) groups is 1. The van der Waals surface area contributed by atoms with Crippen molar-refractivity contribution in [2.75, 3.05) is 5.33 Å². The van der Waals surface area contributed by atoms with Crippen molar-refractivity contribution in [3.8, 4) is 0 Å². The summed E-state index contributed by atoms with van der Waals surface area (Å²) in [7, 11) is 0. The molecule has 0 saturated heterocycles. The number of nitrogens with two attached hydrogens (primary N) is 1. The van der Waals surface area contributed by atoms with Gasteiger partial charge in [-0.15, -0.1) is 11.3 Å². The van der Waals surface area contributed by atoms with Crippen LogP contribution in [0.1, 0.15) is 20.1 Å². The first-order chi connectivity index (χ1) is 5.65. The zero-order valence-electron chi connectivity index (χ0n) is 6.76. The van der Waals surface area contributed by atoms with E-state index in [-0.39, 0.29) is 5.91 Å². The van der Waals surface area contributed by atoms with Crippen LogP contribution >= 0.6 is 27.3 Å². The van der Waals surface area contributed by atoms with E-state index in [1.54, 1.807) is 0 Å². The third-order valence-corrected chi connectivity index (χ3v) is 3.24. The normalized spacial score (nSPS) is 10.2. The van der Waals surface area contributed by atoms with E-state index in [4.69, 9.17) is 5.73 Å². The van der Waals surface area contributed by atoms with E-state index in [2.05, 4.69) is 15.9 Å². The molecule has 1 amide bonds. The molecule has 2 N–H and O–H groups in total. The summed E-state index contributed by atoms with van der Waals surface area (Å²) in [5, 5.41) is 0.922. The van der Waals surface area contributed by atoms with Crippen LogP contribution in [0.4, 0.5) is 0 Å².